The van der Waals surface area contributed by atoms with E-state index in [1.807, 2.05) is 0 Å². The fourth-order valence-electron chi connectivity index (χ4n) is 0.314. The van der Waals surface area contributed by atoms with Crippen LogP contribution in [-0.2, 0) is 14.3 Å². The highest BCUT2D eigenvalue weighted by molar-refractivity contribution is 5.81. The van der Waals surface area contributed by atoms with Crippen LogP contribution >= 0.6 is 0 Å². The van der Waals surface area contributed by atoms with Crippen molar-refractivity contribution in [1.82, 2.24) is 0 Å². The molecular formula is C6H10O5. The standard InChI is InChI=1S/C6H10O5/c1-3(7)5(9)11-6(10)4(2)8/h5-6,9-10H,1-2H3. The summed E-state index contributed by atoms with van der Waals surface area (Å²) in [5.41, 5.74) is 0. The average Bonchev–Trinajstić information content (AvgIpc) is 1.87. The van der Waals surface area contributed by atoms with E-state index < -0.39 is 24.1 Å². The predicted octanol–water partition coefficient (Wildman–Crippen LogP) is -1.18. The molecule has 0 rings (SSSR count). The van der Waals surface area contributed by atoms with Crippen molar-refractivity contribution in [3.63, 3.8) is 0 Å². The molecule has 0 spiro atoms. The summed E-state index contributed by atoms with van der Waals surface area (Å²) in [7, 11) is 0. The maximum atomic E-state index is 10.3. The summed E-state index contributed by atoms with van der Waals surface area (Å²) in [6.07, 6.45) is -3.46. The molecular weight excluding hydrogens is 152 g/mol. The number of ketones is 2. The Kier molecular flexibility index (Phi) is 3.88. The molecule has 0 aliphatic heterocycles. The van der Waals surface area contributed by atoms with E-state index in [1.54, 1.807) is 0 Å². The lowest BCUT2D eigenvalue weighted by Gasteiger charge is -2.11. The highest BCUT2D eigenvalue weighted by Crippen LogP contribution is 1.95. The summed E-state index contributed by atoms with van der Waals surface area (Å²) in [5, 5.41) is 17.3. The second-order valence-electron chi connectivity index (χ2n) is 2.06. The number of aliphatic hydroxyl groups excluding tert-OH is 2. The molecule has 64 valence electrons. The van der Waals surface area contributed by atoms with E-state index in [9.17, 15) is 9.59 Å². The maximum Gasteiger partial charge on any atom is 0.217 e. The maximum absolute atomic E-state index is 10.3. The number of ether oxygens (including phenoxy) is 1. The van der Waals surface area contributed by atoms with Crippen molar-refractivity contribution in [2.75, 3.05) is 0 Å². The zero-order valence-corrected chi connectivity index (χ0v) is 6.27. The number of rotatable bonds is 4. The average molecular weight is 162 g/mol. The van der Waals surface area contributed by atoms with Gasteiger partial charge in [0.2, 0.25) is 12.6 Å². The van der Waals surface area contributed by atoms with Crippen molar-refractivity contribution in [3.05, 3.63) is 0 Å². The molecule has 0 aliphatic rings. The van der Waals surface area contributed by atoms with E-state index in [0.717, 1.165) is 13.8 Å². The van der Waals surface area contributed by atoms with Crippen LogP contribution in [0.2, 0.25) is 0 Å². The molecule has 0 radical (unpaired) electrons. The van der Waals surface area contributed by atoms with Crippen LogP contribution < -0.4 is 0 Å². The van der Waals surface area contributed by atoms with E-state index in [4.69, 9.17) is 10.2 Å². The second kappa shape index (κ2) is 4.17. The van der Waals surface area contributed by atoms with Crippen LogP contribution in [0.5, 0.6) is 0 Å². The first-order valence-electron chi connectivity index (χ1n) is 2.97. The van der Waals surface area contributed by atoms with Crippen molar-refractivity contribution < 1.29 is 24.5 Å². The van der Waals surface area contributed by atoms with E-state index in [1.165, 1.54) is 0 Å². The Bertz CT molecular complexity index is 146. The van der Waals surface area contributed by atoms with Gasteiger partial charge in [0, 0.05) is 0 Å². The molecule has 5 heteroatoms. The molecule has 11 heavy (non-hydrogen) atoms. The van der Waals surface area contributed by atoms with Crippen LogP contribution in [0.3, 0.4) is 0 Å². The van der Waals surface area contributed by atoms with Gasteiger partial charge in [0.05, 0.1) is 0 Å². The Morgan fingerprint density at radius 1 is 1.09 bits per heavy atom. The molecule has 5 nitrogen and oxygen atoms in total. The predicted molar refractivity (Wildman–Crippen MR) is 34.5 cm³/mol. The summed E-state index contributed by atoms with van der Waals surface area (Å²) in [4.78, 5) is 20.6. The Labute approximate surface area is 63.6 Å². The molecule has 0 fully saturated rings. The summed E-state index contributed by atoms with van der Waals surface area (Å²) in [5.74, 6) is -1.32. The lowest BCUT2D eigenvalue weighted by Crippen LogP contribution is -2.31. The number of hydrogen-bond donors (Lipinski definition) is 2. The highest BCUT2D eigenvalue weighted by Gasteiger charge is 2.18. The molecule has 0 aromatic rings. The third-order valence-corrected chi connectivity index (χ3v) is 0.953. The molecule has 0 bridgehead atoms. The first-order valence-corrected chi connectivity index (χ1v) is 2.97. The quantitative estimate of drug-likeness (QED) is 0.508. The molecule has 2 atom stereocenters. The van der Waals surface area contributed by atoms with Crippen LogP contribution in [-0.4, -0.2) is 34.4 Å². The first-order chi connectivity index (χ1) is 4.95. The summed E-state index contributed by atoms with van der Waals surface area (Å²) in [6.45, 7) is 2.16. The summed E-state index contributed by atoms with van der Waals surface area (Å²) >= 11 is 0. The van der Waals surface area contributed by atoms with Gasteiger partial charge >= 0.3 is 0 Å². The molecule has 2 N–H and O–H groups in total. The van der Waals surface area contributed by atoms with Crippen molar-refractivity contribution in [2.45, 2.75) is 26.4 Å². The van der Waals surface area contributed by atoms with Gasteiger partial charge in [-0.3, -0.25) is 9.59 Å². The fraction of sp³-hybridized carbons (Fsp3) is 0.667. The molecule has 0 aliphatic carbocycles. The van der Waals surface area contributed by atoms with E-state index in [2.05, 4.69) is 4.74 Å². The van der Waals surface area contributed by atoms with E-state index in [-0.39, 0.29) is 0 Å². The second-order valence-corrected chi connectivity index (χ2v) is 2.06. The number of aliphatic hydroxyl groups is 2. The van der Waals surface area contributed by atoms with Crippen molar-refractivity contribution in [3.8, 4) is 0 Å². The fourth-order valence-corrected chi connectivity index (χ4v) is 0.314. The summed E-state index contributed by atoms with van der Waals surface area (Å²) < 4.78 is 4.19. The van der Waals surface area contributed by atoms with Crippen LogP contribution in [0.15, 0.2) is 0 Å². The van der Waals surface area contributed by atoms with Gasteiger partial charge in [-0.2, -0.15) is 0 Å². The molecule has 0 aromatic carbocycles. The number of hydrogen-bond acceptors (Lipinski definition) is 5. The monoisotopic (exact) mass is 162 g/mol. The van der Waals surface area contributed by atoms with Gasteiger partial charge in [0.1, 0.15) is 0 Å². The molecule has 0 saturated heterocycles. The minimum Gasteiger partial charge on any atom is -0.362 e. The zero-order valence-electron chi connectivity index (χ0n) is 6.27. The molecule has 0 aromatic heterocycles. The smallest absolute Gasteiger partial charge is 0.217 e. The minimum absolute atomic E-state index is 0.662. The SMILES string of the molecule is CC(=O)C(O)OC(O)C(C)=O. The molecule has 0 heterocycles. The number of Topliss-reactive ketones (excluding diaryl/α,β-unsaturated/α-hetero) is 2. The lowest BCUT2D eigenvalue weighted by molar-refractivity contribution is -0.205. The van der Waals surface area contributed by atoms with Crippen molar-refractivity contribution in [2.24, 2.45) is 0 Å². The summed E-state index contributed by atoms with van der Waals surface area (Å²) in [6, 6.07) is 0. The largest absolute Gasteiger partial charge is 0.362 e. The van der Waals surface area contributed by atoms with E-state index >= 15 is 0 Å². The van der Waals surface area contributed by atoms with Gasteiger partial charge in [-0.25, -0.2) is 0 Å². The van der Waals surface area contributed by atoms with Gasteiger partial charge in [0.25, 0.3) is 0 Å². The number of carbonyl (C=O) groups is 2. The van der Waals surface area contributed by atoms with Gasteiger partial charge in [-0.1, -0.05) is 0 Å². The van der Waals surface area contributed by atoms with Crippen LogP contribution in [0.25, 0.3) is 0 Å². The Morgan fingerprint density at radius 3 is 1.55 bits per heavy atom. The molecule has 0 saturated carbocycles. The Hall–Kier alpha value is -0.780. The first kappa shape index (κ1) is 10.2. The van der Waals surface area contributed by atoms with E-state index in [0.29, 0.717) is 0 Å². The normalized spacial score (nSPS) is 15.6. The van der Waals surface area contributed by atoms with Gasteiger partial charge < -0.3 is 14.9 Å². The minimum atomic E-state index is -1.73. The Balaban J connectivity index is 3.84. The van der Waals surface area contributed by atoms with Crippen molar-refractivity contribution in [1.29, 1.82) is 0 Å². The van der Waals surface area contributed by atoms with Crippen molar-refractivity contribution >= 4 is 11.6 Å². The highest BCUT2D eigenvalue weighted by atomic mass is 16.7. The zero-order chi connectivity index (χ0) is 9.02. The van der Waals surface area contributed by atoms with Gasteiger partial charge in [0.15, 0.2) is 11.6 Å². The van der Waals surface area contributed by atoms with Crippen LogP contribution in [0, 0.1) is 0 Å². The third-order valence-electron chi connectivity index (χ3n) is 0.953. The van der Waals surface area contributed by atoms with Crippen LogP contribution in [0.4, 0.5) is 0 Å². The molecule has 2 unspecified atom stereocenters. The van der Waals surface area contributed by atoms with Gasteiger partial charge in [-0.05, 0) is 13.8 Å². The van der Waals surface area contributed by atoms with Crippen LogP contribution in [0.1, 0.15) is 13.8 Å². The Morgan fingerprint density at radius 2 is 1.36 bits per heavy atom. The lowest BCUT2D eigenvalue weighted by atomic mass is 10.4. The number of carbonyl (C=O) groups excluding carboxylic acids is 2. The molecule has 0 amide bonds. The third kappa shape index (κ3) is 3.82. The topological polar surface area (TPSA) is 83.8 Å². The van der Waals surface area contributed by atoms with Gasteiger partial charge in [-0.15, -0.1) is 0 Å².